The molecule has 1 aromatic carbocycles. The second-order valence-corrected chi connectivity index (χ2v) is 8.53. The molecular formula is C17H22ClN3O4S. The number of carbonyl (C=O) groups is 1. The summed E-state index contributed by atoms with van der Waals surface area (Å²) >= 11 is 5.94. The summed E-state index contributed by atoms with van der Waals surface area (Å²) in [6.07, 6.45) is 1.16. The van der Waals surface area contributed by atoms with E-state index in [2.05, 4.69) is 5.32 Å². The highest BCUT2D eigenvalue weighted by Gasteiger charge is 2.38. The van der Waals surface area contributed by atoms with Gasteiger partial charge < -0.3 is 10.1 Å². The highest BCUT2D eigenvalue weighted by Crippen LogP contribution is 2.30. The summed E-state index contributed by atoms with van der Waals surface area (Å²) < 4.78 is 32.4. The summed E-state index contributed by atoms with van der Waals surface area (Å²) in [6, 6.07) is 5.77. The minimum atomic E-state index is -3.95. The van der Waals surface area contributed by atoms with Gasteiger partial charge in [-0.15, -0.1) is 0 Å². The number of carbonyl (C=O) groups excluding carboxylic acids is 1. The summed E-state index contributed by atoms with van der Waals surface area (Å²) in [5.74, 6) is -0.636. The number of ether oxygens (including phenoxy) is 1. The molecule has 9 heteroatoms. The molecule has 0 radical (unpaired) electrons. The Bertz CT molecular complexity index is 807. The smallest absolute Gasteiger partial charge is 0.244 e. The fourth-order valence-corrected chi connectivity index (χ4v) is 5.09. The average Bonchev–Trinajstić information content (AvgIpc) is 2.62. The van der Waals surface area contributed by atoms with Crippen LogP contribution >= 0.6 is 11.6 Å². The SMILES string of the molecule is COCCNC(=O)C1CCC(C)N(S(=O)(=O)c2cc(Cl)ccc2C#N)C1. The van der Waals surface area contributed by atoms with Crippen molar-refractivity contribution in [3.8, 4) is 6.07 Å². The maximum absolute atomic E-state index is 13.1. The quantitative estimate of drug-likeness (QED) is 0.735. The lowest BCUT2D eigenvalue weighted by molar-refractivity contribution is -0.126. The molecule has 1 amide bonds. The number of hydrogen-bond acceptors (Lipinski definition) is 5. The van der Waals surface area contributed by atoms with Gasteiger partial charge in [0.1, 0.15) is 11.0 Å². The zero-order valence-electron chi connectivity index (χ0n) is 14.7. The van der Waals surface area contributed by atoms with Crippen molar-refractivity contribution < 1.29 is 17.9 Å². The van der Waals surface area contributed by atoms with Crippen LogP contribution in [0.2, 0.25) is 5.02 Å². The van der Waals surface area contributed by atoms with E-state index in [0.29, 0.717) is 26.0 Å². The van der Waals surface area contributed by atoms with E-state index in [1.807, 2.05) is 6.07 Å². The van der Waals surface area contributed by atoms with E-state index in [4.69, 9.17) is 16.3 Å². The van der Waals surface area contributed by atoms with Gasteiger partial charge in [-0.2, -0.15) is 9.57 Å². The van der Waals surface area contributed by atoms with Crippen LogP contribution in [0.3, 0.4) is 0 Å². The molecule has 2 unspecified atom stereocenters. The molecule has 1 aliphatic rings. The van der Waals surface area contributed by atoms with Gasteiger partial charge in [0, 0.05) is 31.3 Å². The van der Waals surface area contributed by atoms with E-state index in [9.17, 15) is 18.5 Å². The van der Waals surface area contributed by atoms with Crippen molar-refractivity contribution in [2.24, 2.45) is 5.92 Å². The first-order valence-corrected chi connectivity index (χ1v) is 10.1. The lowest BCUT2D eigenvalue weighted by Crippen LogP contribution is -2.49. The Morgan fingerprint density at radius 2 is 2.19 bits per heavy atom. The van der Waals surface area contributed by atoms with E-state index in [-0.39, 0.29) is 34.0 Å². The largest absolute Gasteiger partial charge is 0.383 e. The first-order valence-electron chi connectivity index (χ1n) is 8.29. The van der Waals surface area contributed by atoms with Crippen molar-refractivity contribution in [3.05, 3.63) is 28.8 Å². The number of halogens is 1. The summed E-state index contributed by atoms with van der Waals surface area (Å²) in [4.78, 5) is 12.2. The molecule has 142 valence electrons. The molecule has 2 rings (SSSR count). The summed E-state index contributed by atoms with van der Waals surface area (Å²) in [6.45, 7) is 2.64. The van der Waals surface area contributed by atoms with Gasteiger partial charge in [0.25, 0.3) is 0 Å². The number of methoxy groups -OCH3 is 1. The molecule has 0 aromatic heterocycles. The molecule has 0 aliphatic carbocycles. The van der Waals surface area contributed by atoms with Crippen LogP contribution < -0.4 is 5.32 Å². The Labute approximate surface area is 158 Å². The van der Waals surface area contributed by atoms with E-state index in [1.54, 1.807) is 14.0 Å². The van der Waals surface area contributed by atoms with Gasteiger partial charge in [0.2, 0.25) is 15.9 Å². The van der Waals surface area contributed by atoms with Crippen LogP contribution in [0.15, 0.2) is 23.1 Å². The van der Waals surface area contributed by atoms with Crippen molar-refractivity contribution in [1.29, 1.82) is 5.26 Å². The van der Waals surface area contributed by atoms with Gasteiger partial charge in [0.15, 0.2) is 0 Å². The highest BCUT2D eigenvalue weighted by atomic mass is 35.5. The summed E-state index contributed by atoms with van der Waals surface area (Å²) in [7, 11) is -2.40. The van der Waals surface area contributed by atoms with Crippen LogP contribution in [0.1, 0.15) is 25.3 Å². The number of nitrogens with zero attached hydrogens (tertiary/aromatic N) is 2. The first-order chi connectivity index (χ1) is 12.3. The molecule has 0 saturated carbocycles. The third kappa shape index (κ3) is 4.54. The van der Waals surface area contributed by atoms with Crippen LogP contribution in [0.5, 0.6) is 0 Å². The number of piperidine rings is 1. The van der Waals surface area contributed by atoms with E-state index in [0.717, 1.165) is 0 Å². The molecule has 1 heterocycles. The predicted octanol–water partition coefficient (Wildman–Crippen LogP) is 1.76. The van der Waals surface area contributed by atoms with Crippen LogP contribution in [0.4, 0.5) is 0 Å². The molecule has 2 atom stereocenters. The zero-order valence-corrected chi connectivity index (χ0v) is 16.3. The number of amides is 1. The number of benzene rings is 1. The highest BCUT2D eigenvalue weighted by molar-refractivity contribution is 7.89. The van der Waals surface area contributed by atoms with Crippen LogP contribution in [0.25, 0.3) is 0 Å². The van der Waals surface area contributed by atoms with Crippen molar-refractivity contribution in [1.82, 2.24) is 9.62 Å². The van der Waals surface area contributed by atoms with Crippen molar-refractivity contribution in [2.75, 3.05) is 26.8 Å². The Balaban J connectivity index is 2.26. The van der Waals surface area contributed by atoms with E-state index < -0.39 is 15.9 Å². The standard InChI is InChI=1S/C17H22ClN3O4S/c1-12-3-4-14(17(22)20-7-8-25-2)11-21(12)26(23,24)16-9-15(18)6-5-13(16)10-19/h5-6,9,12,14H,3-4,7-8,11H2,1-2H3,(H,20,22). The van der Waals surface area contributed by atoms with Gasteiger partial charge in [-0.25, -0.2) is 8.42 Å². The number of nitriles is 1. The van der Waals surface area contributed by atoms with Crippen molar-refractivity contribution in [3.63, 3.8) is 0 Å². The number of sulfonamides is 1. The van der Waals surface area contributed by atoms with Gasteiger partial charge in [0.05, 0.1) is 18.1 Å². The van der Waals surface area contributed by atoms with Crippen LogP contribution in [-0.4, -0.2) is 51.5 Å². The molecule has 1 fully saturated rings. The normalized spacial score (nSPS) is 21.2. The molecular weight excluding hydrogens is 378 g/mol. The zero-order chi connectivity index (χ0) is 19.3. The van der Waals surface area contributed by atoms with Crippen LogP contribution in [-0.2, 0) is 19.6 Å². The van der Waals surface area contributed by atoms with Gasteiger partial charge in [-0.3, -0.25) is 4.79 Å². The molecule has 1 N–H and O–H groups in total. The average molecular weight is 400 g/mol. The van der Waals surface area contributed by atoms with E-state index in [1.165, 1.54) is 22.5 Å². The number of rotatable bonds is 6. The third-order valence-corrected chi connectivity index (χ3v) is 6.71. The predicted molar refractivity (Wildman–Crippen MR) is 97.1 cm³/mol. The Hall–Kier alpha value is -1.66. The lowest BCUT2D eigenvalue weighted by atomic mass is 9.95. The Morgan fingerprint density at radius 1 is 1.46 bits per heavy atom. The molecule has 1 aromatic rings. The fraction of sp³-hybridized carbons (Fsp3) is 0.529. The molecule has 0 spiro atoms. The van der Waals surface area contributed by atoms with Crippen molar-refractivity contribution in [2.45, 2.75) is 30.7 Å². The van der Waals surface area contributed by atoms with Gasteiger partial charge in [-0.05, 0) is 38.0 Å². The Kier molecular flexibility index (Phi) is 7.01. The van der Waals surface area contributed by atoms with Crippen molar-refractivity contribution >= 4 is 27.5 Å². The lowest BCUT2D eigenvalue weighted by Gasteiger charge is -2.36. The molecule has 1 saturated heterocycles. The summed E-state index contributed by atoms with van der Waals surface area (Å²) in [5.41, 5.74) is 0.0354. The van der Waals surface area contributed by atoms with E-state index >= 15 is 0 Å². The second-order valence-electron chi connectivity index (χ2n) is 6.23. The van der Waals surface area contributed by atoms with Crippen LogP contribution in [0, 0.1) is 17.2 Å². The van der Waals surface area contributed by atoms with Gasteiger partial charge >= 0.3 is 0 Å². The molecule has 1 aliphatic heterocycles. The minimum Gasteiger partial charge on any atom is -0.383 e. The number of nitrogens with one attached hydrogen (secondary N) is 1. The third-order valence-electron chi connectivity index (χ3n) is 4.45. The maximum Gasteiger partial charge on any atom is 0.244 e. The summed E-state index contributed by atoms with van der Waals surface area (Å²) in [5, 5.41) is 12.2. The van der Waals surface area contributed by atoms with Gasteiger partial charge in [-0.1, -0.05) is 11.6 Å². The second kappa shape index (κ2) is 8.82. The minimum absolute atomic E-state index is 0.0354. The first kappa shape index (κ1) is 20.6. The molecule has 26 heavy (non-hydrogen) atoms. The maximum atomic E-state index is 13.1. The molecule has 7 nitrogen and oxygen atoms in total. The molecule has 0 bridgehead atoms. The monoisotopic (exact) mass is 399 g/mol. The fourth-order valence-electron chi connectivity index (χ4n) is 2.97. The number of hydrogen-bond donors (Lipinski definition) is 1. The Morgan fingerprint density at radius 3 is 2.85 bits per heavy atom. The topological polar surface area (TPSA) is 99.5 Å².